The van der Waals surface area contributed by atoms with Gasteiger partial charge in [-0.05, 0) is 42.7 Å². The van der Waals surface area contributed by atoms with Gasteiger partial charge >= 0.3 is 0 Å². The number of hydrogen-bond acceptors (Lipinski definition) is 2. The van der Waals surface area contributed by atoms with E-state index in [1.807, 2.05) is 66.9 Å². The Hall–Kier alpha value is -2.40. The van der Waals surface area contributed by atoms with Gasteiger partial charge in [-0.2, -0.15) is 5.10 Å². The van der Waals surface area contributed by atoms with Crippen molar-refractivity contribution in [3.8, 4) is 5.69 Å². The molecule has 0 atom stereocenters. The van der Waals surface area contributed by atoms with Crippen LogP contribution in [0.2, 0.25) is 0 Å². The second-order valence-corrected chi connectivity index (χ2v) is 6.94. The number of aromatic nitrogens is 2. The summed E-state index contributed by atoms with van der Waals surface area (Å²) in [5, 5.41) is 7.42. The Kier molecular flexibility index (Phi) is 3.73. The van der Waals surface area contributed by atoms with E-state index in [-0.39, 0.29) is 5.91 Å². The summed E-state index contributed by atoms with van der Waals surface area (Å²) in [6, 6.07) is 19.6. The van der Waals surface area contributed by atoms with Gasteiger partial charge < -0.3 is 5.32 Å². The topological polar surface area (TPSA) is 46.9 Å². The number of anilines is 1. The second-order valence-electron chi connectivity index (χ2n) is 6.03. The van der Waals surface area contributed by atoms with Crippen molar-refractivity contribution in [2.24, 2.45) is 0 Å². The fourth-order valence-corrected chi connectivity index (χ4v) is 3.31. The molecule has 4 rings (SSSR count). The molecule has 3 aromatic rings. The maximum Gasteiger partial charge on any atom is 0.236 e. The molecule has 0 radical (unpaired) electrons. The van der Waals surface area contributed by atoms with E-state index < -0.39 is 5.41 Å². The molecule has 0 aliphatic heterocycles. The van der Waals surface area contributed by atoms with E-state index in [9.17, 15) is 4.79 Å². The first-order chi connectivity index (χ1) is 11.7. The summed E-state index contributed by atoms with van der Waals surface area (Å²) in [7, 11) is 0. The third kappa shape index (κ3) is 2.76. The van der Waals surface area contributed by atoms with Gasteiger partial charge in [0, 0.05) is 16.7 Å². The van der Waals surface area contributed by atoms with Crippen LogP contribution in [0.5, 0.6) is 0 Å². The minimum Gasteiger partial charge on any atom is -0.308 e. The molecule has 1 fully saturated rings. The monoisotopic (exact) mass is 381 g/mol. The molecular weight excluding hydrogens is 366 g/mol. The normalized spacial score (nSPS) is 15.0. The SMILES string of the molecule is O=C(Nc1ccn(-c2ccccc2)n1)C1(c2cccc(Br)c2)CC1. The van der Waals surface area contributed by atoms with Gasteiger partial charge in [0.05, 0.1) is 11.1 Å². The first-order valence-electron chi connectivity index (χ1n) is 7.86. The molecule has 0 bridgehead atoms. The number of para-hydroxylation sites is 1. The molecular formula is C19H16BrN3O. The number of benzene rings is 2. The third-order valence-corrected chi connectivity index (χ3v) is 4.91. The van der Waals surface area contributed by atoms with E-state index in [1.165, 1.54) is 0 Å². The van der Waals surface area contributed by atoms with Crippen LogP contribution in [-0.2, 0) is 10.2 Å². The van der Waals surface area contributed by atoms with Crippen molar-refractivity contribution >= 4 is 27.7 Å². The highest BCUT2D eigenvalue weighted by Crippen LogP contribution is 2.49. The number of rotatable bonds is 4. The van der Waals surface area contributed by atoms with E-state index in [0.29, 0.717) is 5.82 Å². The molecule has 0 unspecified atom stereocenters. The summed E-state index contributed by atoms with van der Waals surface area (Å²) in [6.07, 6.45) is 3.59. The number of carbonyl (C=O) groups is 1. The summed E-state index contributed by atoms with van der Waals surface area (Å²) < 4.78 is 2.75. The van der Waals surface area contributed by atoms with Crippen LogP contribution in [0.3, 0.4) is 0 Å². The van der Waals surface area contributed by atoms with Gasteiger partial charge in [-0.1, -0.05) is 46.3 Å². The van der Waals surface area contributed by atoms with Crippen LogP contribution in [0, 0.1) is 0 Å². The van der Waals surface area contributed by atoms with Crippen molar-refractivity contribution in [2.75, 3.05) is 5.32 Å². The van der Waals surface area contributed by atoms with Crippen LogP contribution in [0.1, 0.15) is 18.4 Å². The van der Waals surface area contributed by atoms with Gasteiger partial charge in [0.2, 0.25) is 5.91 Å². The lowest BCUT2D eigenvalue weighted by atomic mass is 9.95. The molecule has 2 aromatic carbocycles. The van der Waals surface area contributed by atoms with Gasteiger partial charge in [-0.25, -0.2) is 4.68 Å². The highest BCUT2D eigenvalue weighted by atomic mass is 79.9. The summed E-state index contributed by atoms with van der Waals surface area (Å²) >= 11 is 3.48. The Labute approximate surface area is 148 Å². The average Bonchev–Trinajstić information content (AvgIpc) is 3.30. The number of halogens is 1. The van der Waals surface area contributed by atoms with Crippen LogP contribution in [-0.4, -0.2) is 15.7 Å². The van der Waals surface area contributed by atoms with Gasteiger partial charge in [-0.15, -0.1) is 0 Å². The molecule has 1 amide bonds. The van der Waals surface area contributed by atoms with Crippen molar-refractivity contribution in [1.29, 1.82) is 0 Å². The standard InChI is InChI=1S/C19H16BrN3O/c20-15-6-4-5-14(13-15)19(10-11-19)18(24)21-17-9-12-23(22-17)16-7-2-1-3-8-16/h1-9,12-13H,10-11H2,(H,21,22,24). The number of nitrogens with one attached hydrogen (secondary N) is 1. The van der Waals surface area contributed by atoms with Crippen molar-refractivity contribution < 1.29 is 4.79 Å². The number of carbonyl (C=O) groups excluding carboxylic acids is 1. The molecule has 1 saturated carbocycles. The number of hydrogen-bond donors (Lipinski definition) is 1. The zero-order chi connectivity index (χ0) is 16.6. The molecule has 1 aromatic heterocycles. The van der Waals surface area contributed by atoms with Crippen molar-refractivity contribution in [2.45, 2.75) is 18.3 Å². The van der Waals surface area contributed by atoms with E-state index in [2.05, 4.69) is 26.3 Å². The van der Waals surface area contributed by atoms with E-state index in [4.69, 9.17) is 0 Å². The average molecular weight is 382 g/mol. The van der Waals surface area contributed by atoms with E-state index in [0.717, 1.165) is 28.6 Å². The minimum absolute atomic E-state index is 0.0129. The van der Waals surface area contributed by atoms with Crippen LogP contribution >= 0.6 is 15.9 Å². The highest BCUT2D eigenvalue weighted by Gasteiger charge is 2.51. The summed E-state index contributed by atoms with van der Waals surface area (Å²) in [6.45, 7) is 0. The maximum absolute atomic E-state index is 12.8. The lowest BCUT2D eigenvalue weighted by Gasteiger charge is -2.15. The lowest BCUT2D eigenvalue weighted by molar-refractivity contribution is -0.118. The first kappa shape index (κ1) is 15.1. The molecule has 5 heteroatoms. The van der Waals surface area contributed by atoms with Crippen molar-refractivity contribution in [3.05, 3.63) is 76.9 Å². The smallest absolute Gasteiger partial charge is 0.236 e. The predicted molar refractivity (Wildman–Crippen MR) is 97.2 cm³/mol. The Balaban J connectivity index is 1.54. The van der Waals surface area contributed by atoms with Crippen LogP contribution in [0.4, 0.5) is 5.82 Å². The number of nitrogens with zero attached hydrogens (tertiary/aromatic N) is 2. The quantitative estimate of drug-likeness (QED) is 0.731. The van der Waals surface area contributed by atoms with Crippen LogP contribution < -0.4 is 5.32 Å². The molecule has 0 spiro atoms. The minimum atomic E-state index is -0.416. The summed E-state index contributed by atoms with van der Waals surface area (Å²) in [5.41, 5.74) is 1.60. The van der Waals surface area contributed by atoms with Crippen molar-refractivity contribution in [1.82, 2.24) is 9.78 Å². The van der Waals surface area contributed by atoms with Gasteiger partial charge in [0.25, 0.3) is 0 Å². The largest absolute Gasteiger partial charge is 0.308 e. The molecule has 24 heavy (non-hydrogen) atoms. The Morgan fingerprint density at radius 2 is 1.88 bits per heavy atom. The molecule has 120 valence electrons. The molecule has 1 N–H and O–H groups in total. The third-order valence-electron chi connectivity index (χ3n) is 4.41. The fraction of sp³-hybridized carbons (Fsp3) is 0.158. The van der Waals surface area contributed by atoms with Crippen LogP contribution in [0.15, 0.2) is 71.3 Å². The molecule has 4 nitrogen and oxygen atoms in total. The summed E-state index contributed by atoms with van der Waals surface area (Å²) in [5.74, 6) is 0.587. The first-order valence-corrected chi connectivity index (χ1v) is 8.65. The van der Waals surface area contributed by atoms with Gasteiger partial charge in [-0.3, -0.25) is 4.79 Å². The van der Waals surface area contributed by atoms with Crippen molar-refractivity contribution in [3.63, 3.8) is 0 Å². The zero-order valence-corrected chi connectivity index (χ0v) is 14.5. The molecule has 0 saturated heterocycles. The maximum atomic E-state index is 12.8. The predicted octanol–water partition coefficient (Wildman–Crippen LogP) is 4.31. The van der Waals surface area contributed by atoms with Gasteiger partial charge in [0.15, 0.2) is 5.82 Å². The van der Waals surface area contributed by atoms with Crippen LogP contribution in [0.25, 0.3) is 5.69 Å². The Bertz CT molecular complexity index is 884. The second kappa shape index (κ2) is 5.91. The molecule has 1 heterocycles. The highest BCUT2D eigenvalue weighted by molar-refractivity contribution is 9.10. The number of amides is 1. The summed E-state index contributed by atoms with van der Waals surface area (Å²) in [4.78, 5) is 12.8. The van der Waals surface area contributed by atoms with E-state index in [1.54, 1.807) is 4.68 Å². The Morgan fingerprint density at radius 1 is 1.08 bits per heavy atom. The molecule has 1 aliphatic rings. The fourth-order valence-electron chi connectivity index (χ4n) is 2.91. The molecule has 1 aliphatic carbocycles. The van der Waals surface area contributed by atoms with E-state index >= 15 is 0 Å². The zero-order valence-electron chi connectivity index (χ0n) is 12.9. The Morgan fingerprint density at radius 3 is 2.58 bits per heavy atom. The van der Waals surface area contributed by atoms with Gasteiger partial charge in [0.1, 0.15) is 0 Å². The lowest BCUT2D eigenvalue weighted by Crippen LogP contribution is -2.28.